The van der Waals surface area contributed by atoms with Crippen molar-refractivity contribution in [2.45, 2.75) is 204 Å². The van der Waals surface area contributed by atoms with Gasteiger partial charge in [0, 0.05) is 57.4 Å². The lowest BCUT2D eigenvalue weighted by molar-refractivity contribution is -0.303. The Bertz CT molecular complexity index is 2290. The number of esters is 1. The molecule has 2 aromatic rings. The molecular weight excluding hydrogens is 1010 g/mol. The summed E-state index contributed by atoms with van der Waals surface area (Å²) in [5.74, 6) is -3.64. The number of nitrogens with zero attached hydrogens (tertiary/aromatic N) is 7. The molecule has 0 spiro atoms. The number of methoxy groups -OCH3 is 1. The van der Waals surface area contributed by atoms with E-state index in [4.69, 9.17) is 33.2 Å². The number of hydrogen-bond donors (Lipinski definition) is 5. The van der Waals surface area contributed by atoms with Crippen molar-refractivity contribution in [3.8, 4) is 0 Å². The van der Waals surface area contributed by atoms with Crippen molar-refractivity contribution in [2.24, 2.45) is 23.7 Å². The second-order valence-electron chi connectivity index (χ2n) is 24.2. The van der Waals surface area contributed by atoms with Crippen LogP contribution in [0, 0.1) is 29.5 Å². The monoisotopic (exact) mass is 1110 g/mol. The maximum absolute atomic E-state index is 15.2. The Morgan fingerprint density at radius 1 is 0.949 bits per heavy atom. The van der Waals surface area contributed by atoms with Gasteiger partial charge in [-0.25, -0.2) is 13.9 Å². The molecule has 78 heavy (non-hydrogen) atoms. The molecule has 1 aromatic carbocycles. The SMILES string of the molecule is CC[C@H]1OC(=O)[C@H](C)C([C@H]2C[C@@](C)(OC)[C@@H](O)[C@H](C)O2)[C@H](C)[C@@H](O[C@@H]2O[C@H](C)C[C@H](N(C)CCCc3cn(C[C@H]4CN(c5ccc(N6CCOCC6)c(F)c5)C(=O)O4)nn3)[C@H]2O)[C@](C)(O)C[C@@H](C)CN(C)[C@H](C)[C@@H](O)[C@]1(C)O. The Kier molecular flexibility index (Phi) is 20.4. The lowest BCUT2D eigenvalue weighted by Gasteiger charge is -2.51. The van der Waals surface area contributed by atoms with Crippen molar-refractivity contribution in [1.82, 2.24) is 24.8 Å². The first-order valence-corrected chi connectivity index (χ1v) is 28.3. The molecule has 7 rings (SSSR count). The van der Waals surface area contributed by atoms with E-state index in [2.05, 4.69) is 15.2 Å². The predicted molar refractivity (Wildman–Crippen MR) is 287 cm³/mol. The van der Waals surface area contributed by atoms with Crippen molar-refractivity contribution in [3.63, 3.8) is 0 Å². The van der Waals surface area contributed by atoms with E-state index < -0.39 is 120 Å². The summed E-state index contributed by atoms with van der Waals surface area (Å²) in [6, 6.07) is 3.78. The number of aliphatic hydroxyl groups excluding tert-OH is 3. The van der Waals surface area contributed by atoms with Crippen LogP contribution in [0.25, 0.3) is 0 Å². The fraction of sp³-hybridized carbons (Fsp3) is 0.821. The Morgan fingerprint density at radius 3 is 2.32 bits per heavy atom. The lowest BCUT2D eigenvalue weighted by Crippen LogP contribution is -2.62. The zero-order valence-corrected chi connectivity index (χ0v) is 48.4. The zero-order valence-electron chi connectivity index (χ0n) is 48.4. The van der Waals surface area contributed by atoms with Crippen LogP contribution < -0.4 is 9.80 Å². The maximum Gasteiger partial charge on any atom is 0.414 e. The van der Waals surface area contributed by atoms with Crippen molar-refractivity contribution < 1.29 is 72.7 Å². The molecule has 1 aromatic heterocycles. The maximum atomic E-state index is 15.2. The van der Waals surface area contributed by atoms with Gasteiger partial charge >= 0.3 is 12.1 Å². The average Bonchev–Trinajstić information content (AvgIpc) is 4.14. The molecule has 442 valence electrons. The quantitative estimate of drug-likeness (QED) is 0.169. The summed E-state index contributed by atoms with van der Waals surface area (Å²) >= 11 is 0. The van der Waals surface area contributed by atoms with E-state index in [1.807, 2.05) is 50.9 Å². The summed E-state index contributed by atoms with van der Waals surface area (Å²) in [5, 5.41) is 68.9. The van der Waals surface area contributed by atoms with Gasteiger partial charge in [-0.3, -0.25) is 9.69 Å². The van der Waals surface area contributed by atoms with Gasteiger partial charge in [-0.05, 0) is 124 Å². The summed E-state index contributed by atoms with van der Waals surface area (Å²) in [4.78, 5) is 35.0. The summed E-state index contributed by atoms with van der Waals surface area (Å²) in [6.45, 7) is 21.6. The highest BCUT2D eigenvalue weighted by Gasteiger charge is 2.55. The number of halogens is 1. The number of benzene rings is 1. The van der Waals surface area contributed by atoms with Crippen molar-refractivity contribution in [1.29, 1.82) is 0 Å². The molecule has 5 N–H and O–H groups in total. The number of rotatable bonds is 14. The number of anilines is 2. The van der Waals surface area contributed by atoms with Gasteiger partial charge in [-0.15, -0.1) is 5.10 Å². The van der Waals surface area contributed by atoms with Crippen LogP contribution in [0.3, 0.4) is 0 Å². The van der Waals surface area contributed by atoms with Gasteiger partial charge in [0.05, 0.1) is 84.9 Å². The first-order chi connectivity index (χ1) is 36.7. The second kappa shape index (κ2) is 25.6. The van der Waals surface area contributed by atoms with Crippen LogP contribution in [0.1, 0.15) is 107 Å². The van der Waals surface area contributed by atoms with E-state index in [-0.39, 0.29) is 44.4 Å². The van der Waals surface area contributed by atoms with Gasteiger partial charge in [0.1, 0.15) is 41.9 Å². The molecule has 0 radical (unpaired) electrons. The van der Waals surface area contributed by atoms with Crippen LogP contribution in [0.2, 0.25) is 0 Å². The normalized spacial score (nSPS) is 40.2. The van der Waals surface area contributed by atoms with E-state index in [9.17, 15) is 35.1 Å². The molecule has 0 aliphatic carbocycles. The topological polar surface area (TPSA) is 244 Å². The van der Waals surface area contributed by atoms with Gasteiger partial charge < -0.3 is 73.4 Å². The molecule has 21 nitrogen and oxygen atoms in total. The molecule has 5 aliphatic rings. The number of aryl methyl sites for hydroxylation is 1. The minimum absolute atomic E-state index is 0.176. The number of likely N-dealkylation sites (N-methyl/N-ethyl adjacent to an activating group) is 2. The van der Waals surface area contributed by atoms with Crippen LogP contribution in [0.4, 0.5) is 20.6 Å². The van der Waals surface area contributed by atoms with Gasteiger partial charge in [0.2, 0.25) is 0 Å². The molecule has 0 bridgehead atoms. The lowest BCUT2D eigenvalue weighted by atomic mass is 9.68. The number of morpholine rings is 1. The van der Waals surface area contributed by atoms with E-state index in [0.29, 0.717) is 70.0 Å². The molecule has 22 heteroatoms. The van der Waals surface area contributed by atoms with Crippen molar-refractivity contribution >= 4 is 23.4 Å². The van der Waals surface area contributed by atoms with Gasteiger partial charge in [-0.1, -0.05) is 32.9 Å². The number of aromatic nitrogens is 3. The highest BCUT2D eigenvalue weighted by Crippen LogP contribution is 2.45. The average molecular weight is 1110 g/mol. The molecule has 0 saturated carbocycles. The van der Waals surface area contributed by atoms with E-state index >= 15 is 4.39 Å². The summed E-state index contributed by atoms with van der Waals surface area (Å²) in [6.07, 6.45) is -5.61. The predicted octanol–water partition coefficient (Wildman–Crippen LogP) is 3.77. The van der Waals surface area contributed by atoms with Crippen LogP contribution in [-0.2, 0) is 50.9 Å². The van der Waals surface area contributed by atoms with Gasteiger partial charge in [0.15, 0.2) is 6.29 Å². The fourth-order valence-electron chi connectivity index (χ4n) is 13.2. The first-order valence-electron chi connectivity index (χ1n) is 28.3. The molecule has 1 unspecified atom stereocenters. The molecule has 5 fully saturated rings. The Hall–Kier alpha value is -3.65. The third kappa shape index (κ3) is 13.8. The fourth-order valence-corrected chi connectivity index (χ4v) is 13.2. The number of hydrogen-bond acceptors (Lipinski definition) is 19. The molecular formula is C56H92FN7O14. The molecule has 5 saturated heterocycles. The number of carbonyl (C=O) groups is 2. The Morgan fingerprint density at radius 2 is 1.65 bits per heavy atom. The zero-order chi connectivity index (χ0) is 57.2. The highest BCUT2D eigenvalue weighted by atomic mass is 19.1. The van der Waals surface area contributed by atoms with Crippen LogP contribution in [0.5, 0.6) is 0 Å². The number of cyclic esters (lactones) is 2. The Labute approximate surface area is 460 Å². The number of ether oxygens (including phenoxy) is 7. The third-order valence-corrected chi connectivity index (χ3v) is 17.9. The minimum atomic E-state index is -1.83. The smallest absolute Gasteiger partial charge is 0.414 e. The molecule has 5 aliphatic heterocycles. The standard InChI is InChI=1S/C56H92FN7O14/c1-14-45-56(10,71)48(66)36(6)61(12)28-32(2)26-54(8,70)50(34(4)46(35(5)51(68)77-45)44-27-55(9,72-13)49(67)37(7)75-44)78-52-47(65)43(24-33(3)74-52)60(11)19-15-16-38-29-63(59-58-38)30-40-31-64(53(69)76-40)39-17-18-42(41(57)25-39)62-20-22-73-23-21-62/h17-18,25,29,32-37,40,43-50,52,65-67,70-71H,14-16,19-24,26-28,30-31H2,1-13H3/t32-,33-,34+,35-,36-,37+,40+,43+,44-,45-,46?,47-,48-,49+,50-,52+,54-,55-,56-/m1/s1. The Balaban J connectivity index is 1.05. The van der Waals surface area contributed by atoms with E-state index in [0.717, 1.165) is 5.69 Å². The van der Waals surface area contributed by atoms with Crippen molar-refractivity contribution in [3.05, 3.63) is 35.9 Å². The number of amides is 1. The molecule has 6 heterocycles. The number of aliphatic hydroxyl groups is 5. The summed E-state index contributed by atoms with van der Waals surface area (Å²) in [7, 11) is 5.31. The van der Waals surface area contributed by atoms with Gasteiger partial charge in [0.25, 0.3) is 0 Å². The summed E-state index contributed by atoms with van der Waals surface area (Å²) in [5.41, 5.74) is -2.89. The van der Waals surface area contributed by atoms with Crippen LogP contribution in [0.15, 0.2) is 24.4 Å². The highest BCUT2D eigenvalue weighted by molar-refractivity contribution is 5.90. The third-order valence-electron chi connectivity index (χ3n) is 17.9. The van der Waals surface area contributed by atoms with Crippen molar-refractivity contribution in [2.75, 3.05) is 76.9 Å². The molecule has 1 amide bonds. The largest absolute Gasteiger partial charge is 0.459 e. The van der Waals surface area contributed by atoms with Gasteiger partial charge in [-0.2, -0.15) is 0 Å². The second-order valence-corrected chi connectivity index (χ2v) is 24.2. The number of carbonyl (C=O) groups excluding carboxylic acids is 2. The first kappa shape index (κ1) is 62.0. The van der Waals surface area contributed by atoms with Crippen LogP contribution in [-0.4, -0.2) is 220 Å². The molecule has 19 atom stereocenters. The minimum Gasteiger partial charge on any atom is -0.459 e. The van der Waals surface area contributed by atoms with E-state index in [1.165, 1.54) is 25.0 Å². The summed E-state index contributed by atoms with van der Waals surface area (Å²) < 4.78 is 60.2. The van der Waals surface area contributed by atoms with Crippen LogP contribution >= 0.6 is 0 Å². The van der Waals surface area contributed by atoms with E-state index in [1.54, 1.807) is 58.4 Å².